The van der Waals surface area contributed by atoms with Gasteiger partial charge < -0.3 is 69.1 Å². The molecular formula is C100H97N13O12S2. The molecule has 0 saturated heterocycles. The van der Waals surface area contributed by atoms with Gasteiger partial charge in [-0.1, -0.05) is 90.8 Å². The SMILES string of the molecule is C#CC#CC#CC#CC#CC#CC#CC#CC#C.C#CC#CC#CC#CC#CC#CC#CC#CC#CC.CNC(=O)CCN(C)C(=O)[C@H](Cc1ccccc1)NC(=O)[C@@H](CCS(C)=O)NC(=O)[C@H](Cc1ccc(O)cc1)N=C(C)N.CNC(=O)[C@H](CCCCN)N(C)C(=O)[C@H](Cc1ccccc1)NC(=O)[C@@H](CCS(C)=O)NC(=O)[C@H](Cc1ccc(O)cc1)N=C(C)N. The van der Waals surface area contributed by atoms with Crippen LogP contribution in [0.5, 0.6) is 11.5 Å². The lowest BCUT2D eigenvalue weighted by atomic mass is 10.0. The number of carbonyl (C=O) groups is 8. The molecule has 8 amide bonds. The molecule has 0 aliphatic rings. The summed E-state index contributed by atoms with van der Waals surface area (Å²) in [6, 6.07) is 23.7. The van der Waals surface area contributed by atoms with Crippen LogP contribution in [0.3, 0.4) is 0 Å². The topological polar surface area (TPSA) is 393 Å². The molecular weight excluding hydrogens is 1640 g/mol. The predicted octanol–water partition coefficient (Wildman–Crippen LogP) is 1.56. The van der Waals surface area contributed by atoms with Crippen LogP contribution in [-0.2, 0) is 85.6 Å². The number of rotatable bonds is 35. The number of amides is 8. The van der Waals surface area contributed by atoms with Gasteiger partial charge in [-0.05, 0) is 295 Å². The zero-order valence-electron chi connectivity index (χ0n) is 71.9. The van der Waals surface area contributed by atoms with Crippen LogP contribution >= 0.6 is 0 Å². The van der Waals surface area contributed by atoms with Crippen molar-refractivity contribution >= 4 is 80.5 Å². The predicted molar refractivity (Wildman–Crippen MR) is 500 cm³/mol. The third-order valence-corrected chi connectivity index (χ3v) is 17.8. The molecule has 127 heavy (non-hydrogen) atoms. The fourth-order valence-corrected chi connectivity index (χ4v) is 11.3. The molecule has 0 aliphatic heterocycles. The van der Waals surface area contributed by atoms with Crippen molar-refractivity contribution in [2.24, 2.45) is 27.2 Å². The molecule has 0 bridgehead atoms. The summed E-state index contributed by atoms with van der Waals surface area (Å²) in [5.74, 6) is 77.0. The zero-order chi connectivity index (χ0) is 94.2. The van der Waals surface area contributed by atoms with Gasteiger partial charge in [0.25, 0.3) is 0 Å². The van der Waals surface area contributed by atoms with E-state index in [-0.39, 0.29) is 98.0 Å². The van der Waals surface area contributed by atoms with Gasteiger partial charge in [0.1, 0.15) is 53.8 Å². The minimum atomic E-state index is -1.28. The Morgan fingerprint density at radius 3 is 1.03 bits per heavy atom. The molecule has 4 aromatic rings. The average Bonchev–Trinajstić information content (AvgIpc) is 0.838. The Bertz CT molecular complexity index is 5690. The van der Waals surface area contributed by atoms with Gasteiger partial charge in [0, 0.05) is 112 Å². The van der Waals surface area contributed by atoms with Crippen molar-refractivity contribution in [2.45, 2.75) is 127 Å². The summed E-state index contributed by atoms with van der Waals surface area (Å²) in [7, 11) is 3.55. The molecule has 0 radical (unpaired) electrons. The summed E-state index contributed by atoms with van der Waals surface area (Å²) < 4.78 is 24.0. The van der Waals surface area contributed by atoms with Gasteiger partial charge in [0.15, 0.2) is 0 Å². The number of hydrogen-bond donors (Lipinski definition) is 11. The second-order valence-electron chi connectivity index (χ2n) is 25.9. The number of amidine groups is 2. The van der Waals surface area contributed by atoms with Gasteiger partial charge in [-0.3, -0.25) is 56.8 Å². The monoisotopic (exact) mass is 1740 g/mol. The number of carbonyl (C=O) groups excluding carboxylic acids is 8. The number of nitrogens with zero attached hydrogens (tertiary/aromatic N) is 4. The molecule has 2 unspecified atom stereocenters. The molecule has 646 valence electrons. The van der Waals surface area contributed by atoms with Crippen LogP contribution in [0.4, 0.5) is 0 Å². The van der Waals surface area contributed by atoms with Crippen molar-refractivity contribution in [3.63, 3.8) is 0 Å². The number of unbranched alkanes of at least 4 members (excludes halogenated alkanes) is 1. The Balaban J connectivity index is 0.000000918. The Morgan fingerprint density at radius 1 is 0.417 bits per heavy atom. The Morgan fingerprint density at radius 2 is 0.732 bits per heavy atom. The number of aliphatic imine (C=N–C) groups is 2. The van der Waals surface area contributed by atoms with Crippen molar-refractivity contribution in [1.29, 1.82) is 0 Å². The van der Waals surface area contributed by atoms with E-state index >= 15 is 0 Å². The van der Waals surface area contributed by atoms with Gasteiger partial charge in [0.05, 0.1) is 11.7 Å². The van der Waals surface area contributed by atoms with Crippen molar-refractivity contribution in [2.75, 3.05) is 65.3 Å². The van der Waals surface area contributed by atoms with Crippen molar-refractivity contribution in [3.8, 4) is 226 Å². The quantitative estimate of drug-likeness (QED) is 0.0135. The van der Waals surface area contributed by atoms with E-state index in [9.17, 15) is 57.0 Å². The fourth-order valence-electron chi connectivity index (χ4n) is 10.2. The molecule has 0 aromatic heterocycles. The van der Waals surface area contributed by atoms with Crippen LogP contribution in [0.1, 0.15) is 81.5 Å². The van der Waals surface area contributed by atoms with E-state index in [1.807, 2.05) is 60.7 Å². The van der Waals surface area contributed by atoms with Crippen LogP contribution in [-0.4, -0.2) is 195 Å². The normalized spacial score (nSPS) is 11.3. The zero-order valence-corrected chi connectivity index (χ0v) is 73.5. The molecule has 9 atom stereocenters. The van der Waals surface area contributed by atoms with E-state index in [0.29, 0.717) is 36.9 Å². The van der Waals surface area contributed by atoms with E-state index in [4.69, 9.17) is 36.5 Å². The highest BCUT2D eigenvalue weighted by Crippen LogP contribution is 2.18. The summed E-state index contributed by atoms with van der Waals surface area (Å²) >= 11 is 0. The maximum atomic E-state index is 14.0. The van der Waals surface area contributed by atoms with E-state index < -0.39 is 99.3 Å². The van der Waals surface area contributed by atoms with E-state index in [2.05, 4.69) is 237 Å². The summed E-state index contributed by atoms with van der Waals surface area (Å²) in [6.45, 7) is 5.38. The van der Waals surface area contributed by atoms with Crippen molar-refractivity contribution in [1.82, 2.24) is 41.7 Å². The number of aromatic hydroxyl groups is 2. The number of phenols is 2. The smallest absolute Gasteiger partial charge is 0.245 e. The number of terminal acetylenes is 3. The molecule has 4 rings (SSSR count). The number of nitrogens with two attached hydrogens (primary N) is 3. The summed E-state index contributed by atoms with van der Waals surface area (Å²) in [6.07, 6.45) is 20.1. The van der Waals surface area contributed by atoms with Crippen LogP contribution in [0.15, 0.2) is 119 Å². The number of likely N-dealkylation sites (N-methyl/N-ethyl adjacent to an activating group) is 3. The van der Waals surface area contributed by atoms with E-state index in [0.717, 1.165) is 11.1 Å². The second-order valence-corrected chi connectivity index (χ2v) is 29.0. The summed E-state index contributed by atoms with van der Waals surface area (Å²) in [4.78, 5) is 118. The molecule has 0 saturated carbocycles. The third-order valence-electron chi connectivity index (χ3n) is 16.2. The number of phenolic OH excluding ortho intramolecular Hbond substituents is 2. The second kappa shape index (κ2) is 68.2. The van der Waals surface area contributed by atoms with Gasteiger partial charge in [0.2, 0.25) is 47.3 Å². The highest BCUT2D eigenvalue weighted by molar-refractivity contribution is 7.84. The van der Waals surface area contributed by atoms with E-state index in [1.165, 1.54) is 67.7 Å². The van der Waals surface area contributed by atoms with Crippen LogP contribution < -0.4 is 49.1 Å². The maximum Gasteiger partial charge on any atom is 0.245 e. The molecule has 25 nitrogen and oxygen atoms in total. The van der Waals surface area contributed by atoms with Crippen LogP contribution in [0, 0.1) is 215 Å². The minimum Gasteiger partial charge on any atom is -0.508 e. The van der Waals surface area contributed by atoms with Gasteiger partial charge >= 0.3 is 0 Å². The van der Waals surface area contributed by atoms with Crippen LogP contribution in [0.25, 0.3) is 0 Å². The van der Waals surface area contributed by atoms with E-state index in [1.54, 1.807) is 52.1 Å². The Hall–Kier alpha value is -16.5. The average molecular weight is 1740 g/mol. The van der Waals surface area contributed by atoms with Crippen LogP contribution in [0.2, 0.25) is 0 Å². The molecule has 0 aliphatic carbocycles. The minimum absolute atomic E-state index is 0.0278. The molecule has 4 aromatic carbocycles. The molecule has 0 heterocycles. The maximum absolute atomic E-state index is 14.0. The number of benzene rings is 4. The lowest BCUT2D eigenvalue weighted by Crippen LogP contribution is -2.58. The fraction of sp³-hybridized carbons (Fsp3) is 0.300. The van der Waals surface area contributed by atoms with Crippen molar-refractivity contribution in [3.05, 3.63) is 131 Å². The summed E-state index contributed by atoms with van der Waals surface area (Å²) in [5, 5.41) is 35.4. The lowest BCUT2D eigenvalue weighted by molar-refractivity contribution is -0.142. The Kier molecular flexibility index (Phi) is 58.3. The third kappa shape index (κ3) is 53.0. The van der Waals surface area contributed by atoms with Gasteiger partial charge in [-0.15, -0.1) is 19.3 Å². The standard InChI is InChI=1S/C33H49N7O6S.C30H42N6O6S.C19H4.C18H2/c1-22(35)37-27(20-24-13-15-25(41)16-14-24)31(43)38-26(17-19-47(4)46)30(42)39-28(21-23-10-6-5-7-11-23)33(45)40(3)29(32(44)36-2)12-8-9-18-34;1-20(31)33-25(18-22-10-12-23(37)13-11-22)29(40)34-24(15-17-43(4)42)28(39)35-26(19-21-8-6-5-7-9-21)30(41)36(3)16-14-27(38)32-2;1-3-5-7-9-11-13-15-17-19-18-16-14-12-10-8-6-4-2;1-3-5-7-9-11-13-15-17-18-16-14-12-10-8-6-4-2/h5-7,10-11,13-16,26-29,41H,8-9,12,17-21,34H2,1-4H3,(H2,35,37)(H,36,44)(H,38,43)(H,39,42);5-13,24-26,37H,14-19H2,1-4H3,(H2,31,33)(H,32,38)(H,34,40)(H,35,39);1H,2H3;1-2H/t26-,27+,28+,29+,47?;24-,25+,26+,43?;;/m11../s1. The largest absolute Gasteiger partial charge is 0.508 e. The summed E-state index contributed by atoms with van der Waals surface area (Å²) in [5.41, 5.74) is 20.3. The molecule has 0 spiro atoms. The lowest BCUT2D eigenvalue weighted by Gasteiger charge is -2.31. The highest BCUT2D eigenvalue weighted by atomic mass is 32.2. The molecule has 27 heteroatoms. The first-order valence-corrected chi connectivity index (χ1v) is 42.0. The molecule has 0 fully saturated rings. The first-order valence-electron chi connectivity index (χ1n) is 38.6. The molecule has 14 N–H and O–H groups in total. The number of nitrogens with one attached hydrogen (secondary N) is 6. The van der Waals surface area contributed by atoms with Gasteiger partial charge in [-0.2, -0.15) is 0 Å². The van der Waals surface area contributed by atoms with Crippen molar-refractivity contribution < 1.29 is 57.0 Å². The highest BCUT2D eigenvalue weighted by Gasteiger charge is 2.35. The first kappa shape index (κ1) is 109. The first-order chi connectivity index (χ1) is 61.1. The van der Waals surface area contributed by atoms with Gasteiger partial charge in [-0.25, -0.2) is 0 Å². The number of hydrogen-bond acceptors (Lipinski definition) is 15. The Labute approximate surface area is 752 Å².